The van der Waals surface area contributed by atoms with Crippen LogP contribution in [0.3, 0.4) is 0 Å². The van der Waals surface area contributed by atoms with Crippen LogP contribution in [0.25, 0.3) is 0 Å². The Kier molecular flexibility index (Phi) is 4.51. The summed E-state index contributed by atoms with van der Waals surface area (Å²) in [6.45, 7) is 0.374. The van der Waals surface area contributed by atoms with Gasteiger partial charge in [0.05, 0.1) is 0 Å². The molecule has 0 bridgehead atoms. The van der Waals surface area contributed by atoms with Crippen LogP contribution in [-0.4, -0.2) is 6.61 Å². The Morgan fingerprint density at radius 2 is 1.85 bits per heavy atom. The maximum Gasteiger partial charge on any atom is 0.174 e. The number of nitrogens with one attached hydrogen (secondary N) is 1. The van der Waals surface area contributed by atoms with Crippen LogP contribution in [0.15, 0.2) is 42.5 Å². The molecule has 5 heteroatoms. The van der Waals surface area contributed by atoms with Gasteiger partial charge >= 0.3 is 0 Å². The first-order valence-corrected chi connectivity index (χ1v) is 5.96. The third kappa shape index (κ3) is 3.95. The summed E-state index contributed by atoms with van der Waals surface area (Å²) in [5, 5.41) is 11.4. The van der Waals surface area contributed by atoms with E-state index >= 15 is 0 Å². The number of nitrogens with zero attached hydrogens (tertiary/aromatic N) is 1. The number of rotatable bonds is 5. The largest absolute Gasteiger partial charge is 0.479 e. The maximum absolute atomic E-state index is 13.0. The highest BCUT2D eigenvalue weighted by atomic mass is 19.1. The Labute approximate surface area is 115 Å². The molecule has 0 aliphatic heterocycles. The molecule has 1 N–H and O–H groups in total. The highest BCUT2D eigenvalue weighted by Crippen LogP contribution is 2.17. The minimum Gasteiger partial charge on any atom is -0.479 e. The Balaban J connectivity index is 2.01. The van der Waals surface area contributed by atoms with Crippen LogP contribution in [0.5, 0.6) is 5.75 Å². The number of nitriles is 1. The summed E-state index contributed by atoms with van der Waals surface area (Å²) in [7, 11) is 0. The van der Waals surface area contributed by atoms with E-state index in [4.69, 9.17) is 10.00 Å². The normalized spacial score (nSPS) is 9.85. The molecule has 0 atom stereocenters. The van der Waals surface area contributed by atoms with E-state index in [1.807, 2.05) is 12.1 Å². The topological polar surface area (TPSA) is 45.0 Å². The van der Waals surface area contributed by atoms with Crippen molar-refractivity contribution in [3.63, 3.8) is 0 Å². The second kappa shape index (κ2) is 6.53. The van der Waals surface area contributed by atoms with E-state index in [0.717, 1.165) is 11.6 Å². The van der Waals surface area contributed by atoms with E-state index in [-0.39, 0.29) is 6.61 Å². The van der Waals surface area contributed by atoms with E-state index in [9.17, 15) is 8.78 Å². The lowest BCUT2D eigenvalue weighted by molar-refractivity contribution is 0.368. The van der Waals surface area contributed by atoms with Crippen LogP contribution in [-0.2, 0) is 6.54 Å². The number of hydrogen-bond donors (Lipinski definition) is 1. The number of halogens is 2. The third-order valence-electron chi connectivity index (χ3n) is 2.56. The molecule has 20 heavy (non-hydrogen) atoms. The lowest BCUT2D eigenvalue weighted by Crippen LogP contribution is -2.01. The first kappa shape index (κ1) is 13.8. The summed E-state index contributed by atoms with van der Waals surface area (Å²) in [5.41, 5.74) is 1.25. The Hall–Kier alpha value is -2.61. The van der Waals surface area contributed by atoms with Crippen LogP contribution in [0.2, 0.25) is 0 Å². The second-order valence-electron chi connectivity index (χ2n) is 4.11. The minimum absolute atomic E-state index is 0.0218. The molecule has 0 saturated heterocycles. The van der Waals surface area contributed by atoms with Crippen molar-refractivity contribution in [1.82, 2.24) is 0 Å². The molecule has 2 aromatic carbocycles. The van der Waals surface area contributed by atoms with Gasteiger partial charge < -0.3 is 10.1 Å². The Bertz CT molecular complexity index is 618. The summed E-state index contributed by atoms with van der Waals surface area (Å²) in [6.07, 6.45) is 0. The van der Waals surface area contributed by atoms with Gasteiger partial charge in [0.15, 0.2) is 6.61 Å². The van der Waals surface area contributed by atoms with E-state index in [1.165, 1.54) is 12.1 Å². The van der Waals surface area contributed by atoms with Crippen molar-refractivity contribution in [2.24, 2.45) is 0 Å². The van der Waals surface area contributed by atoms with E-state index in [0.29, 0.717) is 18.0 Å². The Morgan fingerprint density at radius 3 is 2.55 bits per heavy atom. The van der Waals surface area contributed by atoms with Crippen molar-refractivity contribution >= 4 is 5.69 Å². The van der Waals surface area contributed by atoms with Crippen molar-refractivity contribution in [2.45, 2.75) is 6.54 Å². The van der Waals surface area contributed by atoms with Gasteiger partial charge in [-0.3, -0.25) is 0 Å². The minimum atomic E-state index is -0.626. The van der Waals surface area contributed by atoms with Crippen molar-refractivity contribution in [2.75, 3.05) is 11.9 Å². The van der Waals surface area contributed by atoms with Crippen LogP contribution in [0.1, 0.15) is 5.56 Å². The fourth-order valence-electron chi connectivity index (χ4n) is 1.72. The summed E-state index contributed by atoms with van der Waals surface area (Å²) < 4.78 is 31.2. The molecule has 0 aromatic heterocycles. The molecule has 0 heterocycles. The van der Waals surface area contributed by atoms with Crippen LogP contribution < -0.4 is 10.1 Å². The molecule has 0 fully saturated rings. The lowest BCUT2D eigenvalue weighted by Gasteiger charge is -2.08. The van der Waals surface area contributed by atoms with Crippen molar-refractivity contribution in [3.05, 3.63) is 59.7 Å². The highest BCUT2D eigenvalue weighted by Gasteiger charge is 2.01. The van der Waals surface area contributed by atoms with Crippen LogP contribution in [0.4, 0.5) is 14.5 Å². The quantitative estimate of drug-likeness (QED) is 0.907. The summed E-state index contributed by atoms with van der Waals surface area (Å²) in [5.74, 6) is -0.673. The third-order valence-corrected chi connectivity index (χ3v) is 2.56. The van der Waals surface area contributed by atoms with Crippen LogP contribution in [0, 0.1) is 23.0 Å². The zero-order valence-electron chi connectivity index (χ0n) is 10.6. The summed E-state index contributed by atoms with van der Waals surface area (Å²) in [6, 6.07) is 12.3. The van der Waals surface area contributed by atoms with Gasteiger partial charge in [0.1, 0.15) is 23.5 Å². The van der Waals surface area contributed by atoms with Gasteiger partial charge in [-0.25, -0.2) is 8.78 Å². The van der Waals surface area contributed by atoms with E-state index in [2.05, 4.69) is 5.32 Å². The monoisotopic (exact) mass is 274 g/mol. The predicted octanol–water partition coefficient (Wildman–Crippen LogP) is 3.48. The average Bonchev–Trinajstić information content (AvgIpc) is 2.42. The molecule has 0 saturated carbocycles. The zero-order valence-corrected chi connectivity index (χ0v) is 10.6. The first-order valence-electron chi connectivity index (χ1n) is 5.96. The lowest BCUT2D eigenvalue weighted by atomic mass is 10.2. The van der Waals surface area contributed by atoms with Gasteiger partial charge in [0, 0.05) is 18.3 Å². The molecule has 2 rings (SSSR count). The van der Waals surface area contributed by atoms with Gasteiger partial charge in [-0.05, 0) is 29.8 Å². The number of hydrogen-bond acceptors (Lipinski definition) is 3. The van der Waals surface area contributed by atoms with E-state index < -0.39 is 11.6 Å². The van der Waals surface area contributed by atoms with Gasteiger partial charge in [0.2, 0.25) is 0 Å². The molecule has 0 aliphatic carbocycles. The molecule has 0 amide bonds. The number of anilines is 1. The van der Waals surface area contributed by atoms with Gasteiger partial charge in [-0.1, -0.05) is 12.1 Å². The fourth-order valence-corrected chi connectivity index (χ4v) is 1.72. The SMILES string of the molecule is N#CCOc1cccc(CNc2cc(F)cc(F)c2)c1. The van der Waals surface area contributed by atoms with E-state index in [1.54, 1.807) is 18.2 Å². The first-order chi connectivity index (χ1) is 9.67. The van der Waals surface area contributed by atoms with Crippen molar-refractivity contribution in [1.29, 1.82) is 5.26 Å². The molecule has 0 radical (unpaired) electrons. The predicted molar refractivity (Wildman–Crippen MR) is 71.2 cm³/mol. The van der Waals surface area contributed by atoms with Gasteiger partial charge in [-0.2, -0.15) is 5.26 Å². The highest BCUT2D eigenvalue weighted by molar-refractivity contribution is 5.44. The Morgan fingerprint density at radius 1 is 1.10 bits per heavy atom. The molecule has 0 unspecified atom stereocenters. The van der Waals surface area contributed by atoms with Gasteiger partial charge in [0.25, 0.3) is 0 Å². The van der Waals surface area contributed by atoms with Crippen LogP contribution >= 0.6 is 0 Å². The average molecular weight is 274 g/mol. The molecule has 0 aliphatic rings. The summed E-state index contributed by atoms with van der Waals surface area (Å²) in [4.78, 5) is 0. The number of benzene rings is 2. The maximum atomic E-state index is 13.0. The fraction of sp³-hybridized carbons (Fsp3) is 0.133. The molecular weight excluding hydrogens is 262 g/mol. The molecule has 102 valence electrons. The smallest absolute Gasteiger partial charge is 0.174 e. The standard InChI is InChI=1S/C15H12F2N2O/c16-12-7-13(17)9-14(8-12)19-10-11-2-1-3-15(6-11)20-5-4-18/h1-3,6-9,19H,5,10H2. The molecule has 0 spiro atoms. The summed E-state index contributed by atoms with van der Waals surface area (Å²) >= 11 is 0. The molecule has 2 aromatic rings. The molecular formula is C15H12F2N2O. The molecule has 3 nitrogen and oxygen atoms in total. The van der Waals surface area contributed by atoms with Crippen molar-refractivity contribution < 1.29 is 13.5 Å². The number of ether oxygens (including phenoxy) is 1. The second-order valence-corrected chi connectivity index (χ2v) is 4.11. The zero-order chi connectivity index (χ0) is 14.4. The van der Waals surface area contributed by atoms with Gasteiger partial charge in [-0.15, -0.1) is 0 Å². The van der Waals surface area contributed by atoms with Crippen molar-refractivity contribution in [3.8, 4) is 11.8 Å².